The minimum Gasteiger partial charge on any atom is -0.481 e. The summed E-state index contributed by atoms with van der Waals surface area (Å²) in [5.41, 5.74) is 0. The standard InChI is InChI=1S/C12H15BrO3S/c1-6-4-7(8(5-6)12(15)16)11(14)9-2-3-10(13)17-9/h2-3,6-8,11,14H,4-5H2,1H3,(H,15,16). The number of carboxylic acids is 1. The van der Waals surface area contributed by atoms with Crippen LogP contribution < -0.4 is 0 Å². The summed E-state index contributed by atoms with van der Waals surface area (Å²) in [5, 5.41) is 19.5. The fourth-order valence-electron chi connectivity index (χ4n) is 2.66. The minimum atomic E-state index is -0.783. The lowest BCUT2D eigenvalue weighted by atomic mass is 9.90. The number of rotatable bonds is 3. The molecule has 0 spiro atoms. The van der Waals surface area contributed by atoms with Gasteiger partial charge in [0.05, 0.1) is 15.8 Å². The molecule has 1 aromatic heterocycles. The first-order chi connectivity index (χ1) is 7.99. The Morgan fingerprint density at radius 1 is 1.53 bits per heavy atom. The van der Waals surface area contributed by atoms with Crippen molar-refractivity contribution in [1.82, 2.24) is 0 Å². The van der Waals surface area contributed by atoms with Gasteiger partial charge in [-0.1, -0.05) is 6.92 Å². The van der Waals surface area contributed by atoms with Crippen LogP contribution in [-0.4, -0.2) is 16.2 Å². The van der Waals surface area contributed by atoms with Crippen molar-refractivity contribution < 1.29 is 15.0 Å². The van der Waals surface area contributed by atoms with E-state index in [-0.39, 0.29) is 5.92 Å². The largest absolute Gasteiger partial charge is 0.481 e. The molecule has 0 aromatic carbocycles. The van der Waals surface area contributed by atoms with Crippen molar-refractivity contribution in [3.8, 4) is 0 Å². The lowest BCUT2D eigenvalue weighted by Crippen LogP contribution is -2.23. The van der Waals surface area contributed by atoms with Crippen LogP contribution in [0.15, 0.2) is 15.9 Å². The molecule has 4 unspecified atom stereocenters. The molecule has 0 aliphatic heterocycles. The van der Waals surface area contributed by atoms with Gasteiger partial charge in [0.15, 0.2) is 0 Å². The Labute approximate surface area is 113 Å². The molecule has 17 heavy (non-hydrogen) atoms. The Morgan fingerprint density at radius 3 is 2.76 bits per heavy atom. The molecule has 0 bridgehead atoms. The Balaban J connectivity index is 2.18. The van der Waals surface area contributed by atoms with Gasteiger partial charge in [0, 0.05) is 10.8 Å². The number of carbonyl (C=O) groups is 1. The zero-order chi connectivity index (χ0) is 12.6. The second-order valence-electron chi connectivity index (χ2n) is 4.77. The summed E-state index contributed by atoms with van der Waals surface area (Å²) in [5.74, 6) is -0.984. The topological polar surface area (TPSA) is 57.5 Å². The van der Waals surface area contributed by atoms with Gasteiger partial charge in [-0.2, -0.15) is 0 Å². The van der Waals surface area contributed by atoms with Crippen molar-refractivity contribution in [2.24, 2.45) is 17.8 Å². The maximum Gasteiger partial charge on any atom is 0.306 e. The Hall–Kier alpha value is -0.390. The Morgan fingerprint density at radius 2 is 2.24 bits per heavy atom. The van der Waals surface area contributed by atoms with Crippen LogP contribution in [0.4, 0.5) is 0 Å². The first-order valence-electron chi connectivity index (χ1n) is 5.65. The van der Waals surface area contributed by atoms with E-state index >= 15 is 0 Å². The van der Waals surface area contributed by atoms with Crippen LogP contribution in [0.25, 0.3) is 0 Å². The number of thiophene rings is 1. The van der Waals surface area contributed by atoms with Gasteiger partial charge in [-0.05, 0) is 46.8 Å². The van der Waals surface area contributed by atoms with Gasteiger partial charge >= 0.3 is 5.97 Å². The first-order valence-corrected chi connectivity index (χ1v) is 7.26. The molecule has 0 saturated heterocycles. The third kappa shape index (κ3) is 2.72. The summed E-state index contributed by atoms with van der Waals surface area (Å²) in [6.45, 7) is 2.05. The van der Waals surface area contributed by atoms with Gasteiger partial charge < -0.3 is 10.2 Å². The van der Waals surface area contributed by atoms with Crippen molar-refractivity contribution in [1.29, 1.82) is 0 Å². The van der Waals surface area contributed by atoms with Gasteiger partial charge in [-0.25, -0.2) is 0 Å². The van der Waals surface area contributed by atoms with Crippen molar-refractivity contribution in [2.75, 3.05) is 0 Å². The molecule has 1 aromatic rings. The zero-order valence-electron chi connectivity index (χ0n) is 9.47. The van der Waals surface area contributed by atoms with E-state index in [2.05, 4.69) is 15.9 Å². The van der Waals surface area contributed by atoms with Gasteiger partial charge in [-0.15, -0.1) is 11.3 Å². The van der Waals surface area contributed by atoms with Crippen LogP contribution in [0, 0.1) is 17.8 Å². The summed E-state index contributed by atoms with van der Waals surface area (Å²) in [7, 11) is 0. The van der Waals surface area contributed by atoms with E-state index in [0.717, 1.165) is 15.1 Å². The van der Waals surface area contributed by atoms with E-state index in [1.807, 2.05) is 19.1 Å². The van der Waals surface area contributed by atoms with Crippen LogP contribution in [0.2, 0.25) is 0 Å². The smallest absolute Gasteiger partial charge is 0.306 e. The van der Waals surface area contributed by atoms with Crippen LogP contribution >= 0.6 is 27.3 Å². The number of hydrogen-bond donors (Lipinski definition) is 2. The van der Waals surface area contributed by atoms with Crippen LogP contribution in [-0.2, 0) is 4.79 Å². The monoisotopic (exact) mass is 318 g/mol. The second kappa shape index (κ2) is 5.08. The number of aliphatic hydroxyl groups excluding tert-OH is 1. The third-order valence-electron chi connectivity index (χ3n) is 3.46. The summed E-state index contributed by atoms with van der Waals surface area (Å²) >= 11 is 4.83. The molecule has 1 aliphatic rings. The summed E-state index contributed by atoms with van der Waals surface area (Å²) in [4.78, 5) is 12.0. The van der Waals surface area contributed by atoms with Crippen LogP contribution in [0.3, 0.4) is 0 Å². The van der Waals surface area contributed by atoms with Crippen molar-refractivity contribution in [3.05, 3.63) is 20.8 Å². The van der Waals surface area contributed by atoms with Crippen molar-refractivity contribution in [2.45, 2.75) is 25.9 Å². The minimum absolute atomic E-state index is 0.159. The first kappa shape index (κ1) is 13.1. The molecule has 5 heteroatoms. The number of halogens is 1. The molecular formula is C12H15BrO3S. The van der Waals surface area contributed by atoms with E-state index in [1.54, 1.807) is 0 Å². The number of aliphatic carboxylic acids is 1. The third-order valence-corrected chi connectivity index (χ3v) is 5.15. The highest BCUT2D eigenvalue weighted by Crippen LogP contribution is 2.45. The molecule has 2 N–H and O–H groups in total. The van der Waals surface area contributed by atoms with Crippen molar-refractivity contribution in [3.63, 3.8) is 0 Å². The molecule has 94 valence electrons. The lowest BCUT2D eigenvalue weighted by Gasteiger charge is -2.21. The van der Waals surface area contributed by atoms with Gasteiger partial charge in [0.25, 0.3) is 0 Å². The summed E-state index contributed by atoms with van der Waals surface area (Å²) in [6, 6.07) is 3.75. The van der Waals surface area contributed by atoms with E-state index < -0.39 is 18.0 Å². The van der Waals surface area contributed by atoms with Crippen LogP contribution in [0.1, 0.15) is 30.7 Å². The molecule has 4 atom stereocenters. The number of carboxylic acid groups (broad SMARTS) is 1. The fraction of sp³-hybridized carbons (Fsp3) is 0.583. The Kier molecular flexibility index (Phi) is 3.90. The molecule has 0 amide bonds. The maximum atomic E-state index is 11.2. The molecule has 3 nitrogen and oxygen atoms in total. The van der Waals surface area contributed by atoms with Gasteiger partial charge in [0.1, 0.15) is 0 Å². The summed E-state index contributed by atoms with van der Waals surface area (Å²) < 4.78 is 0.962. The van der Waals surface area contributed by atoms with Crippen molar-refractivity contribution >= 4 is 33.2 Å². The number of hydrogen-bond acceptors (Lipinski definition) is 3. The molecule has 1 aliphatic carbocycles. The van der Waals surface area contributed by atoms with Gasteiger partial charge in [-0.3, -0.25) is 4.79 Å². The lowest BCUT2D eigenvalue weighted by molar-refractivity contribution is -0.144. The highest BCUT2D eigenvalue weighted by molar-refractivity contribution is 9.11. The fourth-order valence-corrected chi connectivity index (χ4v) is 4.15. The SMILES string of the molecule is CC1CC(C(=O)O)C(C(O)c2ccc(Br)s2)C1. The predicted octanol–water partition coefficient (Wildman–Crippen LogP) is 3.29. The molecule has 1 saturated carbocycles. The average Bonchev–Trinajstić information content (AvgIpc) is 2.83. The summed E-state index contributed by atoms with van der Waals surface area (Å²) in [6.07, 6.45) is 0.800. The Bertz CT molecular complexity index is 418. The molecule has 0 radical (unpaired) electrons. The average molecular weight is 319 g/mol. The van der Waals surface area contributed by atoms with E-state index in [4.69, 9.17) is 0 Å². The maximum absolute atomic E-state index is 11.2. The molecule has 1 heterocycles. The predicted molar refractivity (Wildman–Crippen MR) is 70.0 cm³/mol. The van der Waals surface area contributed by atoms with E-state index in [0.29, 0.717) is 12.3 Å². The highest BCUT2D eigenvalue weighted by Gasteiger charge is 2.41. The van der Waals surface area contributed by atoms with Gasteiger partial charge in [0.2, 0.25) is 0 Å². The normalized spacial score (nSPS) is 30.4. The molecule has 2 rings (SSSR count). The van der Waals surface area contributed by atoms with Crippen LogP contribution in [0.5, 0.6) is 0 Å². The van der Waals surface area contributed by atoms with E-state index in [1.165, 1.54) is 11.3 Å². The zero-order valence-corrected chi connectivity index (χ0v) is 11.9. The molecule has 1 fully saturated rings. The highest BCUT2D eigenvalue weighted by atomic mass is 79.9. The molecular weight excluding hydrogens is 304 g/mol. The van der Waals surface area contributed by atoms with E-state index in [9.17, 15) is 15.0 Å². The quantitative estimate of drug-likeness (QED) is 0.899. The number of aliphatic hydroxyl groups is 1. The second-order valence-corrected chi connectivity index (χ2v) is 7.27.